The van der Waals surface area contributed by atoms with Crippen LogP contribution in [-0.4, -0.2) is 10.8 Å². The van der Waals surface area contributed by atoms with Crippen molar-refractivity contribution in [2.45, 2.75) is 6.61 Å². The maximum atomic E-state index is 7.27. The van der Waals surface area contributed by atoms with Crippen molar-refractivity contribution in [1.82, 2.24) is 4.98 Å². The molecule has 1 aromatic heterocycles. The molecule has 18 heavy (non-hydrogen) atoms. The van der Waals surface area contributed by atoms with E-state index in [1.54, 1.807) is 24.4 Å². The van der Waals surface area contributed by atoms with Crippen LogP contribution in [-0.2, 0) is 6.61 Å². The lowest BCUT2D eigenvalue weighted by atomic mass is 10.3. The topological polar surface area (TPSA) is 72.0 Å². The second kappa shape index (κ2) is 5.56. The number of nitrogen functional groups attached to an aromatic ring is 1. The van der Waals surface area contributed by atoms with Crippen LogP contribution in [0.4, 0.5) is 0 Å². The fraction of sp³-hybridized carbons (Fsp3) is 0.0909. The Labute approximate surface area is 118 Å². The molecule has 3 N–H and O–H groups in total. The molecule has 0 aliphatic rings. The van der Waals surface area contributed by atoms with Crippen molar-refractivity contribution in [3.05, 3.63) is 44.3 Å². The van der Waals surface area contributed by atoms with Gasteiger partial charge >= 0.3 is 0 Å². The molecule has 0 aliphatic heterocycles. The van der Waals surface area contributed by atoms with Crippen molar-refractivity contribution in [2.75, 3.05) is 0 Å². The predicted octanol–water partition coefficient (Wildman–Crippen LogP) is 3.31. The van der Waals surface area contributed by atoms with Crippen molar-refractivity contribution < 1.29 is 4.74 Å². The Morgan fingerprint density at radius 1 is 1.44 bits per heavy atom. The first-order valence-electron chi connectivity index (χ1n) is 4.93. The summed E-state index contributed by atoms with van der Waals surface area (Å²) in [6, 6.07) is 5.01. The van der Waals surface area contributed by atoms with Crippen LogP contribution in [0.15, 0.2) is 24.4 Å². The van der Waals surface area contributed by atoms with Crippen LogP contribution in [0, 0.1) is 5.41 Å². The van der Waals surface area contributed by atoms with Crippen molar-refractivity contribution in [1.29, 1.82) is 5.41 Å². The maximum Gasteiger partial charge on any atom is 0.140 e. The van der Waals surface area contributed by atoms with Gasteiger partial charge in [0.1, 0.15) is 23.2 Å². The van der Waals surface area contributed by atoms with E-state index < -0.39 is 0 Å². The number of halogens is 2. The van der Waals surface area contributed by atoms with Crippen molar-refractivity contribution in [2.24, 2.45) is 5.73 Å². The molecule has 0 aliphatic carbocycles. The number of ether oxygens (including phenoxy) is 1. The summed E-state index contributed by atoms with van der Waals surface area (Å²) in [5.74, 6) is 0.545. The van der Waals surface area contributed by atoms with Crippen molar-refractivity contribution in [3.8, 4) is 5.75 Å². The minimum atomic E-state index is 0.00303. The Bertz CT molecular complexity index is 585. The van der Waals surface area contributed by atoms with Gasteiger partial charge in [-0.05, 0) is 18.2 Å². The molecule has 0 unspecified atom stereocenters. The SMILES string of the molecule is N=C(N)c1cnc(COc2ccc(Cl)cc2Cl)s1. The van der Waals surface area contributed by atoms with Gasteiger partial charge in [0.25, 0.3) is 0 Å². The minimum absolute atomic E-state index is 0.00303. The standard InChI is InChI=1S/C11H9Cl2N3OS/c12-6-1-2-8(7(13)3-6)17-5-10-16-4-9(18-10)11(14)15/h1-4H,5H2,(H3,14,15). The molecule has 0 bridgehead atoms. The fourth-order valence-corrected chi connectivity index (χ4v) is 2.39. The van der Waals surface area contributed by atoms with Gasteiger partial charge < -0.3 is 10.5 Å². The molecule has 94 valence electrons. The zero-order chi connectivity index (χ0) is 13.1. The number of amidine groups is 1. The number of hydrogen-bond acceptors (Lipinski definition) is 4. The number of rotatable bonds is 4. The molecule has 0 spiro atoms. The molecule has 7 heteroatoms. The first-order valence-corrected chi connectivity index (χ1v) is 6.50. The molecular weight excluding hydrogens is 293 g/mol. The van der Waals surface area contributed by atoms with Crippen LogP contribution in [0.3, 0.4) is 0 Å². The Hall–Kier alpha value is -1.30. The van der Waals surface area contributed by atoms with E-state index >= 15 is 0 Å². The highest BCUT2D eigenvalue weighted by Gasteiger charge is 2.07. The number of nitrogens with two attached hydrogens (primary N) is 1. The molecular formula is C11H9Cl2N3OS. The summed E-state index contributed by atoms with van der Waals surface area (Å²) in [6.45, 7) is 0.277. The van der Waals surface area contributed by atoms with Crippen LogP contribution >= 0.6 is 34.5 Å². The first kappa shape index (κ1) is 13.1. The molecule has 0 radical (unpaired) electrons. The second-order valence-corrected chi connectivity index (χ2v) is 5.35. The maximum absolute atomic E-state index is 7.27. The van der Waals surface area contributed by atoms with Gasteiger partial charge in [-0.1, -0.05) is 23.2 Å². The predicted molar refractivity (Wildman–Crippen MR) is 73.9 cm³/mol. The van der Waals surface area contributed by atoms with Gasteiger partial charge in [-0.15, -0.1) is 11.3 Å². The third-order valence-corrected chi connectivity index (χ3v) is 3.60. The number of thiazole rings is 1. The molecule has 0 saturated carbocycles. The zero-order valence-electron chi connectivity index (χ0n) is 9.11. The largest absolute Gasteiger partial charge is 0.485 e. The molecule has 2 aromatic rings. The lowest BCUT2D eigenvalue weighted by Gasteiger charge is -2.06. The van der Waals surface area contributed by atoms with Gasteiger partial charge in [0.05, 0.1) is 9.90 Å². The van der Waals surface area contributed by atoms with Crippen LogP contribution < -0.4 is 10.5 Å². The van der Waals surface area contributed by atoms with E-state index in [0.29, 0.717) is 20.7 Å². The van der Waals surface area contributed by atoms with Gasteiger partial charge in [0, 0.05) is 11.2 Å². The third kappa shape index (κ3) is 3.13. The smallest absolute Gasteiger partial charge is 0.140 e. The lowest BCUT2D eigenvalue weighted by molar-refractivity contribution is 0.306. The monoisotopic (exact) mass is 301 g/mol. The quantitative estimate of drug-likeness (QED) is 0.672. The van der Waals surface area contributed by atoms with Crippen molar-refractivity contribution in [3.63, 3.8) is 0 Å². The zero-order valence-corrected chi connectivity index (χ0v) is 11.4. The highest BCUT2D eigenvalue weighted by Crippen LogP contribution is 2.28. The third-order valence-electron chi connectivity index (χ3n) is 2.06. The molecule has 1 heterocycles. The molecule has 0 atom stereocenters. The van der Waals surface area contributed by atoms with E-state index in [0.717, 1.165) is 5.01 Å². The average molecular weight is 302 g/mol. The highest BCUT2D eigenvalue weighted by atomic mass is 35.5. The van der Waals surface area contributed by atoms with Crippen LogP contribution in [0.2, 0.25) is 10.0 Å². The van der Waals surface area contributed by atoms with Crippen molar-refractivity contribution >= 4 is 40.4 Å². The Morgan fingerprint density at radius 2 is 2.22 bits per heavy atom. The fourth-order valence-electron chi connectivity index (χ4n) is 1.23. The molecule has 1 aromatic carbocycles. The van der Waals surface area contributed by atoms with E-state index in [2.05, 4.69) is 4.98 Å². The van der Waals surface area contributed by atoms with Crippen LogP contribution in [0.1, 0.15) is 9.88 Å². The summed E-state index contributed by atoms with van der Waals surface area (Å²) in [5, 5.41) is 9.01. The van der Waals surface area contributed by atoms with Gasteiger partial charge in [-0.2, -0.15) is 0 Å². The van der Waals surface area contributed by atoms with Gasteiger partial charge in [0.2, 0.25) is 0 Å². The molecule has 4 nitrogen and oxygen atoms in total. The molecule has 0 saturated heterocycles. The van der Waals surface area contributed by atoms with Gasteiger partial charge in [0.15, 0.2) is 0 Å². The van der Waals surface area contributed by atoms with E-state index in [-0.39, 0.29) is 12.4 Å². The summed E-state index contributed by atoms with van der Waals surface area (Å²) in [4.78, 5) is 4.72. The van der Waals surface area contributed by atoms with Gasteiger partial charge in [-0.3, -0.25) is 5.41 Å². The average Bonchev–Trinajstić information content (AvgIpc) is 2.76. The summed E-state index contributed by atoms with van der Waals surface area (Å²) >= 11 is 13.1. The number of aromatic nitrogens is 1. The van der Waals surface area contributed by atoms with E-state index in [1.165, 1.54) is 11.3 Å². The molecule has 0 amide bonds. The van der Waals surface area contributed by atoms with Gasteiger partial charge in [-0.25, -0.2) is 4.98 Å². The summed E-state index contributed by atoms with van der Waals surface area (Å²) in [6.07, 6.45) is 1.55. The Kier molecular flexibility index (Phi) is 4.06. The summed E-state index contributed by atoms with van der Waals surface area (Å²) < 4.78 is 5.52. The lowest BCUT2D eigenvalue weighted by Crippen LogP contribution is -2.08. The van der Waals surface area contributed by atoms with Crippen LogP contribution in [0.5, 0.6) is 5.75 Å². The van der Waals surface area contributed by atoms with Crippen LogP contribution in [0.25, 0.3) is 0 Å². The second-order valence-electron chi connectivity index (χ2n) is 3.40. The number of benzene rings is 1. The Balaban J connectivity index is 2.04. The molecule has 2 rings (SSSR count). The van der Waals surface area contributed by atoms with E-state index in [1.807, 2.05) is 0 Å². The first-order chi connectivity index (χ1) is 8.56. The Morgan fingerprint density at radius 3 is 2.83 bits per heavy atom. The highest BCUT2D eigenvalue weighted by molar-refractivity contribution is 7.13. The summed E-state index contributed by atoms with van der Waals surface area (Å²) in [7, 11) is 0. The van der Waals surface area contributed by atoms with E-state index in [9.17, 15) is 0 Å². The van der Waals surface area contributed by atoms with E-state index in [4.69, 9.17) is 39.1 Å². The normalized spacial score (nSPS) is 10.3. The number of nitrogens with one attached hydrogen (secondary N) is 1. The summed E-state index contributed by atoms with van der Waals surface area (Å²) in [5.41, 5.74) is 5.35. The molecule has 0 fully saturated rings. The number of hydrogen-bond donors (Lipinski definition) is 2. The number of nitrogens with zero attached hydrogens (tertiary/aromatic N) is 1. The minimum Gasteiger partial charge on any atom is -0.485 e.